The molecular weight excluding hydrogens is 379 g/mol. The molecule has 0 aliphatic rings. The summed E-state index contributed by atoms with van der Waals surface area (Å²) in [4.78, 5) is 21.9. The third-order valence-electron chi connectivity index (χ3n) is 3.30. The second kappa shape index (κ2) is 8.15. The Bertz CT molecular complexity index is 752. The molecule has 0 aromatic heterocycles. The van der Waals surface area contributed by atoms with Crippen molar-refractivity contribution >= 4 is 45.1 Å². The molecule has 0 aliphatic heterocycles. The number of halogens is 2. The highest BCUT2D eigenvalue weighted by Crippen LogP contribution is 2.34. The normalized spacial score (nSPS) is 12.9. The first-order valence-corrected chi connectivity index (χ1v) is 9.13. The van der Waals surface area contributed by atoms with Crippen LogP contribution in [0.2, 0.25) is 10.0 Å². The minimum absolute atomic E-state index is 0.0484. The van der Waals surface area contributed by atoms with E-state index in [1.807, 2.05) is 0 Å². The highest BCUT2D eigenvalue weighted by molar-refractivity contribution is 7.89. The van der Waals surface area contributed by atoms with Gasteiger partial charge in [0.05, 0.1) is 10.0 Å². The molecule has 0 saturated heterocycles. The Morgan fingerprint density at radius 3 is 2.42 bits per heavy atom. The van der Waals surface area contributed by atoms with Gasteiger partial charge in [-0.15, -0.1) is 0 Å². The number of nitrogens with zero attached hydrogens (tertiary/aromatic N) is 1. The van der Waals surface area contributed by atoms with E-state index in [2.05, 4.69) is 5.32 Å². The van der Waals surface area contributed by atoms with Crippen molar-refractivity contribution in [2.24, 2.45) is 0 Å². The fourth-order valence-electron chi connectivity index (χ4n) is 1.97. The molecule has 7 nitrogen and oxygen atoms in total. The Kier molecular flexibility index (Phi) is 7.03. The van der Waals surface area contributed by atoms with Gasteiger partial charge in [0, 0.05) is 20.0 Å². The number of hydrogen-bond donors (Lipinski definition) is 2. The van der Waals surface area contributed by atoms with Gasteiger partial charge in [-0.3, -0.25) is 9.59 Å². The van der Waals surface area contributed by atoms with Crippen molar-refractivity contribution in [1.82, 2.24) is 9.62 Å². The monoisotopic (exact) mass is 396 g/mol. The summed E-state index contributed by atoms with van der Waals surface area (Å²) in [6.45, 7) is 3.82. The van der Waals surface area contributed by atoms with Gasteiger partial charge in [-0.05, 0) is 25.5 Å². The fourth-order valence-corrected chi connectivity index (χ4v) is 4.70. The van der Waals surface area contributed by atoms with E-state index in [0.717, 1.165) is 4.31 Å². The van der Waals surface area contributed by atoms with Crippen molar-refractivity contribution < 1.29 is 23.1 Å². The molecule has 134 valence electrons. The standard InChI is InChI=1S/C14H18Cl2N2O5S/c1-8-4-5-11(15)13(12(8)16)24(22,23)18(9(2)14(20)21)7-6-17-10(3)19/h4-5,9H,6-7H2,1-3H3,(H,17,19)(H,20,21). The molecule has 0 aliphatic carbocycles. The zero-order chi connectivity index (χ0) is 18.7. The Morgan fingerprint density at radius 1 is 1.33 bits per heavy atom. The summed E-state index contributed by atoms with van der Waals surface area (Å²) >= 11 is 12.1. The van der Waals surface area contributed by atoms with Crippen LogP contribution in [0.25, 0.3) is 0 Å². The first kappa shape index (κ1) is 20.7. The number of aryl methyl sites for hydroxylation is 1. The Balaban J connectivity index is 3.37. The zero-order valence-electron chi connectivity index (χ0n) is 13.3. The molecule has 0 bridgehead atoms. The number of nitrogens with one attached hydrogen (secondary N) is 1. The van der Waals surface area contributed by atoms with Crippen molar-refractivity contribution in [3.05, 3.63) is 27.7 Å². The summed E-state index contributed by atoms with van der Waals surface area (Å²) in [5.41, 5.74) is 0.490. The van der Waals surface area contributed by atoms with E-state index in [1.165, 1.54) is 19.9 Å². The van der Waals surface area contributed by atoms with Crippen LogP contribution in [0.4, 0.5) is 0 Å². The molecule has 1 amide bonds. The molecule has 0 radical (unpaired) electrons. The molecule has 0 spiro atoms. The summed E-state index contributed by atoms with van der Waals surface area (Å²) < 4.78 is 26.6. The van der Waals surface area contributed by atoms with E-state index in [0.29, 0.717) is 5.56 Å². The lowest BCUT2D eigenvalue weighted by Gasteiger charge is -2.27. The quantitative estimate of drug-likeness (QED) is 0.732. The van der Waals surface area contributed by atoms with E-state index >= 15 is 0 Å². The minimum Gasteiger partial charge on any atom is -0.480 e. The van der Waals surface area contributed by atoms with Gasteiger partial charge in [-0.1, -0.05) is 29.3 Å². The van der Waals surface area contributed by atoms with Gasteiger partial charge in [0.25, 0.3) is 0 Å². The summed E-state index contributed by atoms with van der Waals surface area (Å²) in [5, 5.41) is 11.5. The maximum Gasteiger partial charge on any atom is 0.321 e. The molecule has 0 saturated carbocycles. The van der Waals surface area contributed by atoms with Gasteiger partial charge in [0.2, 0.25) is 15.9 Å². The van der Waals surface area contributed by atoms with Crippen molar-refractivity contribution in [3.63, 3.8) is 0 Å². The van der Waals surface area contributed by atoms with Crippen LogP contribution in [0.5, 0.6) is 0 Å². The lowest BCUT2D eigenvalue weighted by Crippen LogP contribution is -2.46. The van der Waals surface area contributed by atoms with Gasteiger partial charge in [0.1, 0.15) is 10.9 Å². The second-order valence-corrected chi connectivity index (χ2v) is 7.73. The fraction of sp³-hybridized carbons (Fsp3) is 0.429. The highest BCUT2D eigenvalue weighted by Gasteiger charge is 2.35. The smallest absolute Gasteiger partial charge is 0.321 e. The van der Waals surface area contributed by atoms with Crippen LogP contribution in [-0.2, 0) is 19.6 Å². The first-order chi connectivity index (χ1) is 11.0. The van der Waals surface area contributed by atoms with Crippen LogP contribution in [0.3, 0.4) is 0 Å². The van der Waals surface area contributed by atoms with Crippen LogP contribution in [0.15, 0.2) is 17.0 Å². The molecule has 0 heterocycles. The van der Waals surface area contributed by atoms with Gasteiger partial charge >= 0.3 is 5.97 Å². The zero-order valence-corrected chi connectivity index (χ0v) is 15.7. The van der Waals surface area contributed by atoms with Crippen LogP contribution in [0.1, 0.15) is 19.4 Å². The summed E-state index contributed by atoms with van der Waals surface area (Å²) in [6.07, 6.45) is 0. The van der Waals surface area contributed by atoms with E-state index in [4.69, 9.17) is 23.2 Å². The Hall–Kier alpha value is -1.35. The number of aliphatic carboxylic acids is 1. The average Bonchev–Trinajstić information content (AvgIpc) is 2.46. The minimum atomic E-state index is -4.29. The van der Waals surface area contributed by atoms with Crippen LogP contribution < -0.4 is 5.32 Å². The number of carboxylic acids is 1. The molecule has 1 aromatic rings. The number of carbonyl (C=O) groups excluding carboxylic acids is 1. The topological polar surface area (TPSA) is 104 Å². The maximum absolute atomic E-state index is 12.9. The lowest BCUT2D eigenvalue weighted by atomic mass is 10.2. The number of rotatable bonds is 7. The number of carboxylic acid groups (broad SMARTS) is 1. The van der Waals surface area contributed by atoms with Gasteiger partial charge in [0.15, 0.2) is 0 Å². The van der Waals surface area contributed by atoms with Crippen molar-refractivity contribution in [2.45, 2.75) is 31.7 Å². The molecule has 0 fully saturated rings. The predicted molar refractivity (Wildman–Crippen MR) is 90.9 cm³/mol. The Morgan fingerprint density at radius 2 is 1.92 bits per heavy atom. The summed E-state index contributed by atoms with van der Waals surface area (Å²) in [5.74, 6) is -1.69. The molecular formula is C14H18Cl2N2O5S. The highest BCUT2D eigenvalue weighted by atomic mass is 35.5. The van der Waals surface area contributed by atoms with Crippen molar-refractivity contribution in [3.8, 4) is 0 Å². The van der Waals surface area contributed by atoms with Crippen LogP contribution >= 0.6 is 23.2 Å². The first-order valence-electron chi connectivity index (χ1n) is 6.93. The molecule has 24 heavy (non-hydrogen) atoms. The molecule has 2 N–H and O–H groups in total. The van der Waals surface area contributed by atoms with Gasteiger partial charge in [-0.25, -0.2) is 8.42 Å². The third-order valence-corrected chi connectivity index (χ3v) is 6.39. The lowest BCUT2D eigenvalue weighted by molar-refractivity contribution is -0.140. The summed E-state index contributed by atoms with van der Waals surface area (Å²) in [6, 6.07) is 1.58. The maximum atomic E-state index is 12.9. The molecule has 1 atom stereocenters. The average molecular weight is 397 g/mol. The SMILES string of the molecule is CC(=O)NCCN(C(C)C(=O)O)S(=O)(=O)c1c(Cl)ccc(C)c1Cl. The van der Waals surface area contributed by atoms with E-state index in [1.54, 1.807) is 13.0 Å². The van der Waals surface area contributed by atoms with E-state index in [-0.39, 0.29) is 33.9 Å². The number of sulfonamides is 1. The van der Waals surface area contributed by atoms with Crippen molar-refractivity contribution in [2.75, 3.05) is 13.1 Å². The molecule has 1 unspecified atom stereocenters. The predicted octanol–water partition coefficient (Wildman–Crippen LogP) is 1.90. The Labute approximate surface area is 150 Å². The van der Waals surface area contributed by atoms with Crippen LogP contribution in [0, 0.1) is 6.92 Å². The second-order valence-electron chi connectivity index (χ2n) is 5.12. The van der Waals surface area contributed by atoms with Crippen molar-refractivity contribution in [1.29, 1.82) is 0 Å². The van der Waals surface area contributed by atoms with E-state index in [9.17, 15) is 23.1 Å². The number of hydrogen-bond acceptors (Lipinski definition) is 4. The van der Waals surface area contributed by atoms with Gasteiger partial charge < -0.3 is 10.4 Å². The molecule has 1 aromatic carbocycles. The largest absolute Gasteiger partial charge is 0.480 e. The van der Waals surface area contributed by atoms with E-state index < -0.39 is 22.0 Å². The number of benzene rings is 1. The summed E-state index contributed by atoms with van der Waals surface area (Å²) in [7, 11) is -4.29. The number of carbonyl (C=O) groups is 2. The van der Waals surface area contributed by atoms with Gasteiger partial charge in [-0.2, -0.15) is 4.31 Å². The molecule has 1 rings (SSSR count). The number of amides is 1. The molecule has 10 heteroatoms. The van der Waals surface area contributed by atoms with Crippen LogP contribution in [-0.4, -0.2) is 48.8 Å². The third kappa shape index (κ3) is 4.60.